The van der Waals surface area contributed by atoms with Crippen LogP contribution in [0.5, 0.6) is 0 Å². The van der Waals surface area contributed by atoms with Crippen LogP contribution in [0.4, 0.5) is 17.3 Å². The van der Waals surface area contributed by atoms with Gasteiger partial charge in [-0.15, -0.1) is 37.2 Å². The number of nitrogens with zero attached hydrogens (tertiary/aromatic N) is 4. The summed E-state index contributed by atoms with van der Waals surface area (Å²) in [6.45, 7) is 0. The minimum atomic E-state index is 0. The van der Waals surface area contributed by atoms with Gasteiger partial charge in [-0.1, -0.05) is 0 Å². The molecule has 3 aromatic rings. The first kappa shape index (κ1) is 22.9. The van der Waals surface area contributed by atoms with Crippen LogP contribution in [0.1, 0.15) is 0 Å². The summed E-state index contributed by atoms with van der Waals surface area (Å²) in [7, 11) is 4.03. The lowest BCUT2D eigenvalue weighted by atomic mass is 10.2. The van der Waals surface area contributed by atoms with Gasteiger partial charge in [-0.25, -0.2) is 9.97 Å². The number of aromatic nitrogens is 3. The van der Waals surface area contributed by atoms with E-state index in [-0.39, 0.29) is 37.2 Å². The highest BCUT2D eigenvalue weighted by Crippen LogP contribution is 2.20. The first-order chi connectivity index (χ1) is 10.7. The molecule has 1 N–H and O–H groups in total. The maximum absolute atomic E-state index is 4.52. The van der Waals surface area contributed by atoms with Crippen molar-refractivity contribution >= 4 is 54.5 Å². The monoisotopic (exact) mass is 399 g/mol. The Hall–Kier alpha value is -2.08. The van der Waals surface area contributed by atoms with Crippen LogP contribution in [0.3, 0.4) is 0 Å². The van der Waals surface area contributed by atoms with E-state index >= 15 is 0 Å². The highest BCUT2D eigenvalue weighted by Gasteiger charge is 2.03. The molecule has 1 aromatic carbocycles. The Morgan fingerprint density at radius 3 is 2.20 bits per heavy atom. The number of halogens is 3. The van der Waals surface area contributed by atoms with E-state index in [2.05, 4.69) is 25.2 Å². The first-order valence-electron chi connectivity index (χ1n) is 7.00. The largest absolute Gasteiger partial charge is 0.378 e. The van der Waals surface area contributed by atoms with Crippen molar-refractivity contribution in [3.8, 4) is 11.3 Å². The van der Waals surface area contributed by atoms with E-state index in [1.807, 2.05) is 56.6 Å². The number of nitrogens with one attached hydrogen (secondary N) is 1. The van der Waals surface area contributed by atoms with Gasteiger partial charge in [0, 0.05) is 49.6 Å². The zero-order valence-electron chi connectivity index (χ0n) is 13.8. The van der Waals surface area contributed by atoms with Gasteiger partial charge in [0.1, 0.15) is 0 Å². The summed E-state index contributed by atoms with van der Waals surface area (Å²) in [4.78, 5) is 15.0. The second-order valence-corrected chi connectivity index (χ2v) is 5.07. The molecule has 0 bridgehead atoms. The molecule has 0 aliphatic rings. The molecule has 8 heteroatoms. The quantitative estimate of drug-likeness (QED) is 0.693. The highest BCUT2D eigenvalue weighted by molar-refractivity contribution is 5.86. The Morgan fingerprint density at radius 1 is 0.880 bits per heavy atom. The summed E-state index contributed by atoms with van der Waals surface area (Å²) in [6.07, 6.45) is 5.28. The van der Waals surface area contributed by atoms with Gasteiger partial charge in [-0.05, 0) is 42.5 Å². The van der Waals surface area contributed by atoms with Crippen LogP contribution in [0.25, 0.3) is 11.3 Å². The van der Waals surface area contributed by atoms with E-state index in [1.165, 1.54) is 0 Å². The smallest absolute Gasteiger partial charge is 0.227 e. The van der Waals surface area contributed by atoms with Crippen molar-refractivity contribution in [3.05, 3.63) is 61.1 Å². The second kappa shape index (κ2) is 10.7. The van der Waals surface area contributed by atoms with Crippen LogP contribution < -0.4 is 10.2 Å². The molecule has 0 amide bonds. The van der Waals surface area contributed by atoms with Gasteiger partial charge in [0.25, 0.3) is 0 Å². The van der Waals surface area contributed by atoms with Crippen molar-refractivity contribution in [3.63, 3.8) is 0 Å². The third-order valence-electron chi connectivity index (χ3n) is 3.25. The number of benzene rings is 1. The molecule has 0 aliphatic heterocycles. The third-order valence-corrected chi connectivity index (χ3v) is 3.25. The van der Waals surface area contributed by atoms with Crippen molar-refractivity contribution < 1.29 is 0 Å². The van der Waals surface area contributed by atoms with E-state index in [4.69, 9.17) is 0 Å². The van der Waals surface area contributed by atoms with E-state index in [9.17, 15) is 0 Å². The molecule has 0 radical (unpaired) electrons. The molecular weight excluding hydrogens is 381 g/mol. The summed E-state index contributed by atoms with van der Waals surface area (Å²) in [5, 5.41) is 3.22. The molecule has 25 heavy (non-hydrogen) atoms. The fourth-order valence-corrected chi connectivity index (χ4v) is 2.07. The molecule has 2 aromatic heterocycles. The average Bonchev–Trinajstić information content (AvgIpc) is 2.56. The van der Waals surface area contributed by atoms with Crippen LogP contribution in [0.2, 0.25) is 0 Å². The van der Waals surface area contributed by atoms with E-state index in [1.54, 1.807) is 18.6 Å². The Balaban J connectivity index is 0.00000192. The maximum Gasteiger partial charge on any atom is 0.227 e. The summed E-state index contributed by atoms with van der Waals surface area (Å²) >= 11 is 0. The lowest BCUT2D eigenvalue weighted by Gasteiger charge is -2.13. The molecule has 0 aliphatic carbocycles. The molecule has 134 valence electrons. The zero-order chi connectivity index (χ0) is 15.4. The van der Waals surface area contributed by atoms with E-state index in [0.29, 0.717) is 5.95 Å². The molecule has 0 saturated heterocycles. The summed E-state index contributed by atoms with van der Waals surface area (Å²) < 4.78 is 0. The van der Waals surface area contributed by atoms with Gasteiger partial charge in [-0.3, -0.25) is 4.98 Å². The fourth-order valence-electron chi connectivity index (χ4n) is 2.07. The molecule has 3 rings (SSSR count). The summed E-state index contributed by atoms with van der Waals surface area (Å²) in [5.41, 5.74) is 3.91. The predicted octanol–water partition coefficient (Wildman–Crippen LogP) is 4.61. The van der Waals surface area contributed by atoms with Crippen LogP contribution >= 0.6 is 37.2 Å². The van der Waals surface area contributed by atoms with Crippen molar-refractivity contribution in [2.45, 2.75) is 0 Å². The minimum absolute atomic E-state index is 0. The second-order valence-electron chi connectivity index (χ2n) is 5.07. The standard InChI is InChI=1S/C17H17N5.3ClH/c1-22(2)15-7-5-14(6-8-15)20-17-19-11-9-16(21-17)13-4-3-10-18-12-13;;;/h3-12H,1-2H3,(H,19,20,21);3*1H. The van der Waals surface area contributed by atoms with Gasteiger partial charge in [0.15, 0.2) is 0 Å². The van der Waals surface area contributed by atoms with Gasteiger partial charge >= 0.3 is 0 Å². The highest BCUT2D eigenvalue weighted by atomic mass is 35.5. The zero-order valence-corrected chi connectivity index (χ0v) is 16.2. The Morgan fingerprint density at radius 2 is 1.60 bits per heavy atom. The number of hydrogen-bond acceptors (Lipinski definition) is 5. The van der Waals surface area contributed by atoms with Crippen LogP contribution in [0.15, 0.2) is 61.1 Å². The SMILES string of the molecule is CN(C)c1ccc(Nc2nccc(-c3cccnc3)n2)cc1.Cl.Cl.Cl. The molecular formula is C17H20Cl3N5. The van der Waals surface area contributed by atoms with Gasteiger partial charge in [-0.2, -0.15) is 0 Å². The molecule has 0 fully saturated rings. The Labute approximate surface area is 166 Å². The molecule has 2 heterocycles. The normalized spacial score (nSPS) is 9.04. The third kappa shape index (κ3) is 6.05. The average molecular weight is 401 g/mol. The van der Waals surface area contributed by atoms with Gasteiger partial charge < -0.3 is 10.2 Å². The lowest BCUT2D eigenvalue weighted by molar-refractivity contribution is 1.13. The number of pyridine rings is 1. The Bertz CT molecular complexity index is 752. The first-order valence-corrected chi connectivity index (χ1v) is 7.00. The summed E-state index contributed by atoms with van der Waals surface area (Å²) in [6, 6.07) is 13.9. The number of hydrogen-bond donors (Lipinski definition) is 1. The molecule has 0 spiro atoms. The minimum Gasteiger partial charge on any atom is -0.378 e. The molecule has 0 atom stereocenters. The Kier molecular flexibility index (Phi) is 9.82. The van der Waals surface area contributed by atoms with Gasteiger partial charge in [0.05, 0.1) is 5.69 Å². The van der Waals surface area contributed by atoms with Crippen LogP contribution in [-0.2, 0) is 0 Å². The number of rotatable bonds is 4. The van der Waals surface area contributed by atoms with Gasteiger partial charge in [0.2, 0.25) is 5.95 Å². The van der Waals surface area contributed by atoms with Crippen molar-refractivity contribution in [2.75, 3.05) is 24.3 Å². The molecule has 0 unspecified atom stereocenters. The van der Waals surface area contributed by atoms with Crippen LogP contribution in [0, 0.1) is 0 Å². The van der Waals surface area contributed by atoms with Crippen molar-refractivity contribution in [2.24, 2.45) is 0 Å². The fraction of sp³-hybridized carbons (Fsp3) is 0.118. The van der Waals surface area contributed by atoms with Crippen LogP contribution in [-0.4, -0.2) is 29.0 Å². The number of anilines is 3. The van der Waals surface area contributed by atoms with E-state index in [0.717, 1.165) is 22.6 Å². The summed E-state index contributed by atoms with van der Waals surface area (Å²) in [5.74, 6) is 0.568. The predicted molar refractivity (Wildman–Crippen MR) is 111 cm³/mol. The molecule has 5 nitrogen and oxygen atoms in total. The van der Waals surface area contributed by atoms with Crippen molar-refractivity contribution in [1.29, 1.82) is 0 Å². The van der Waals surface area contributed by atoms with E-state index < -0.39 is 0 Å². The maximum atomic E-state index is 4.52. The molecule has 0 saturated carbocycles. The van der Waals surface area contributed by atoms with Crippen molar-refractivity contribution in [1.82, 2.24) is 15.0 Å². The lowest BCUT2D eigenvalue weighted by Crippen LogP contribution is -2.08. The topological polar surface area (TPSA) is 53.9 Å².